The van der Waals surface area contributed by atoms with Crippen molar-refractivity contribution in [2.24, 2.45) is 0 Å². The average molecular weight is 253 g/mol. The molecule has 1 unspecified atom stereocenters. The van der Waals surface area contributed by atoms with Crippen molar-refractivity contribution in [1.29, 1.82) is 0 Å². The van der Waals surface area contributed by atoms with Crippen LogP contribution in [-0.4, -0.2) is 10.9 Å². The molecule has 0 saturated heterocycles. The number of aromatic nitrogens is 1. The number of amides is 1. The zero-order chi connectivity index (χ0) is 13.4. The third-order valence-corrected chi connectivity index (χ3v) is 3.56. The molecule has 0 radical (unpaired) electrons. The maximum absolute atomic E-state index is 12.4. The highest BCUT2D eigenvalue weighted by atomic mass is 16.2. The third-order valence-electron chi connectivity index (χ3n) is 3.56. The number of para-hydroxylation sites is 1. The summed E-state index contributed by atoms with van der Waals surface area (Å²) in [5.74, 6) is -0.0231. The molecule has 4 heteroatoms. The maximum atomic E-state index is 12.4. The minimum Gasteiger partial charge on any atom is -0.397 e. The molecular weight excluding hydrogens is 238 g/mol. The maximum Gasteiger partial charge on any atom is 0.234 e. The van der Waals surface area contributed by atoms with Crippen LogP contribution in [0.25, 0.3) is 0 Å². The lowest BCUT2D eigenvalue weighted by Crippen LogP contribution is -2.27. The number of rotatable bonds is 2. The van der Waals surface area contributed by atoms with E-state index in [2.05, 4.69) is 4.98 Å². The first-order chi connectivity index (χ1) is 9.18. The number of nitrogens with zero attached hydrogens (tertiary/aromatic N) is 2. The van der Waals surface area contributed by atoms with Crippen molar-refractivity contribution < 1.29 is 4.79 Å². The fourth-order valence-corrected chi connectivity index (χ4v) is 2.55. The molecule has 0 saturated carbocycles. The van der Waals surface area contributed by atoms with E-state index in [0.29, 0.717) is 12.2 Å². The highest BCUT2D eigenvalue weighted by Crippen LogP contribution is 2.41. The molecule has 19 heavy (non-hydrogen) atoms. The molecule has 2 aromatic rings. The molecule has 1 aliphatic rings. The molecule has 2 heterocycles. The van der Waals surface area contributed by atoms with Crippen LogP contribution in [0.15, 0.2) is 42.7 Å². The van der Waals surface area contributed by atoms with Gasteiger partial charge in [-0.2, -0.15) is 0 Å². The second kappa shape index (κ2) is 4.39. The minimum atomic E-state index is -0.125. The van der Waals surface area contributed by atoms with Gasteiger partial charge in [0.15, 0.2) is 0 Å². The number of pyridine rings is 1. The molecule has 1 aromatic heterocycles. The lowest BCUT2D eigenvalue weighted by molar-refractivity contribution is -0.119. The van der Waals surface area contributed by atoms with Gasteiger partial charge in [-0.3, -0.25) is 9.78 Å². The molecule has 4 nitrogen and oxygen atoms in total. The number of nitrogens with two attached hydrogens (primary N) is 1. The van der Waals surface area contributed by atoms with Crippen LogP contribution in [0.1, 0.15) is 24.0 Å². The Kier molecular flexibility index (Phi) is 2.71. The van der Waals surface area contributed by atoms with E-state index in [1.807, 2.05) is 37.3 Å². The van der Waals surface area contributed by atoms with Crippen molar-refractivity contribution in [2.75, 3.05) is 10.6 Å². The van der Waals surface area contributed by atoms with Crippen molar-refractivity contribution in [3.05, 3.63) is 53.9 Å². The summed E-state index contributed by atoms with van der Waals surface area (Å²) in [5.41, 5.74) is 9.61. The number of carbonyl (C=O) groups excluding carboxylic acids is 1. The quantitative estimate of drug-likeness (QED) is 0.835. The lowest BCUT2D eigenvalue weighted by Gasteiger charge is -2.19. The lowest BCUT2D eigenvalue weighted by atomic mass is 10.0. The van der Waals surface area contributed by atoms with E-state index in [1.54, 1.807) is 17.3 Å². The van der Waals surface area contributed by atoms with Crippen LogP contribution in [0, 0.1) is 0 Å². The Morgan fingerprint density at radius 3 is 2.74 bits per heavy atom. The highest BCUT2D eigenvalue weighted by molar-refractivity contribution is 6.07. The predicted octanol–water partition coefficient (Wildman–Crippen LogP) is 2.31. The molecule has 0 bridgehead atoms. The highest BCUT2D eigenvalue weighted by Gasteiger charge is 2.35. The van der Waals surface area contributed by atoms with E-state index >= 15 is 0 Å². The van der Waals surface area contributed by atoms with Crippen molar-refractivity contribution in [3.63, 3.8) is 0 Å². The van der Waals surface area contributed by atoms with Gasteiger partial charge in [-0.05, 0) is 36.2 Å². The summed E-state index contributed by atoms with van der Waals surface area (Å²) in [6, 6.07) is 9.53. The van der Waals surface area contributed by atoms with Crippen LogP contribution < -0.4 is 10.6 Å². The van der Waals surface area contributed by atoms with Crippen LogP contribution in [0.3, 0.4) is 0 Å². The summed E-state index contributed by atoms with van der Waals surface area (Å²) < 4.78 is 0. The molecule has 3 rings (SSSR count). The van der Waals surface area contributed by atoms with E-state index < -0.39 is 0 Å². The summed E-state index contributed by atoms with van der Waals surface area (Å²) in [7, 11) is 0. The Morgan fingerprint density at radius 2 is 2.00 bits per heavy atom. The van der Waals surface area contributed by atoms with Gasteiger partial charge in [0.05, 0.1) is 23.8 Å². The van der Waals surface area contributed by atoms with Gasteiger partial charge in [0.25, 0.3) is 0 Å². The van der Waals surface area contributed by atoms with E-state index in [9.17, 15) is 4.79 Å². The molecular formula is C15H15N3O. The monoisotopic (exact) mass is 253 g/mol. The number of hydrogen-bond acceptors (Lipinski definition) is 3. The molecule has 2 N–H and O–H groups in total. The van der Waals surface area contributed by atoms with E-state index in [1.165, 1.54) is 0 Å². The van der Waals surface area contributed by atoms with Gasteiger partial charge in [-0.1, -0.05) is 12.1 Å². The van der Waals surface area contributed by atoms with E-state index in [4.69, 9.17) is 5.73 Å². The summed E-state index contributed by atoms with van der Waals surface area (Å²) in [6.45, 7) is 2.46. The van der Waals surface area contributed by atoms with E-state index in [0.717, 1.165) is 16.8 Å². The summed E-state index contributed by atoms with van der Waals surface area (Å²) >= 11 is 0. The van der Waals surface area contributed by atoms with Crippen LogP contribution in [0.5, 0.6) is 0 Å². The van der Waals surface area contributed by atoms with Crippen molar-refractivity contribution >= 4 is 17.3 Å². The first kappa shape index (κ1) is 11.7. The SMILES string of the molecule is CC1C(=O)N(Cc2ccncc2)c2c(N)cccc21. The second-order valence-electron chi connectivity index (χ2n) is 4.79. The molecule has 1 aromatic carbocycles. The zero-order valence-electron chi connectivity index (χ0n) is 10.7. The largest absolute Gasteiger partial charge is 0.397 e. The fourth-order valence-electron chi connectivity index (χ4n) is 2.55. The number of fused-ring (bicyclic) bond motifs is 1. The van der Waals surface area contributed by atoms with Crippen molar-refractivity contribution in [2.45, 2.75) is 19.4 Å². The Morgan fingerprint density at radius 1 is 1.26 bits per heavy atom. The Labute approximate surface area is 111 Å². The number of carbonyl (C=O) groups is 1. The molecule has 0 fully saturated rings. The molecule has 0 spiro atoms. The predicted molar refractivity (Wildman–Crippen MR) is 74.7 cm³/mol. The fraction of sp³-hybridized carbons (Fsp3) is 0.200. The van der Waals surface area contributed by atoms with Crippen LogP contribution in [0.4, 0.5) is 11.4 Å². The molecule has 96 valence electrons. The Bertz CT molecular complexity index is 625. The van der Waals surface area contributed by atoms with Gasteiger partial charge >= 0.3 is 0 Å². The molecule has 1 aliphatic heterocycles. The van der Waals surface area contributed by atoms with Crippen LogP contribution in [-0.2, 0) is 11.3 Å². The first-order valence-electron chi connectivity index (χ1n) is 6.27. The summed E-state index contributed by atoms with van der Waals surface area (Å²) in [5, 5.41) is 0. The standard InChI is InChI=1S/C15H15N3O/c1-10-12-3-2-4-13(16)14(12)18(15(10)19)9-11-5-7-17-8-6-11/h2-8,10H,9,16H2,1H3. The van der Waals surface area contributed by atoms with Crippen molar-refractivity contribution in [3.8, 4) is 0 Å². The second-order valence-corrected chi connectivity index (χ2v) is 4.79. The number of hydrogen-bond donors (Lipinski definition) is 1. The van der Waals surface area contributed by atoms with Gasteiger partial charge in [-0.15, -0.1) is 0 Å². The normalized spacial score (nSPS) is 17.6. The van der Waals surface area contributed by atoms with E-state index in [-0.39, 0.29) is 11.8 Å². The topological polar surface area (TPSA) is 59.2 Å². The summed E-state index contributed by atoms with van der Waals surface area (Å²) in [6.07, 6.45) is 3.46. The molecule has 1 amide bonds. The Balaban J connectivity index is 2.02. The van der Waals surface area contributed by atoms with Gasteiger partial charge in [0.2, 0.25) is 5.91 Å². The van der Waals surface area contributed by atoms with Crippen molar-refractivity contribution in [1.82, 2.24) is 4.98 Å². The smallest absolute Gasteiger partial charge is 0.234 e. The average Bonchev–Trinajstić information content (AvgIpc) is 2.67. The number of benzene rings is 1. The van der Waals surface area contributed by atoms with Crippen LogP contribution >= 0.6 is 0 Å². The third kappa shape index (κ3) is 1.85. The van der Waals surface area contributed by atoms with Gasteiger partial charge < -0.3 is 10.6 Å². The van der Waals surface area contributed by atoms with Crippen LogP contribution in [0.2, 0.25) is 0 Å². The van der Waals surface area contributed by atoms with Gasteiger partial charge in [0.1, 0.15) is 0 Å². The van der Waals surface area contributed by atoms with Gasteiger partial charge in [-0.25, -0.2) is 0 Å². The number of anilines is 2. The zero-order valence-corrected chi connectivity index (χ0v) is 10.7. The molecule has 1 atom stereocenters. The first-order valence-corrected chi connectivity index (χ1v) is 6.27. The minimum absolute atomic E-state index is 0.102. The summed E-state index contributed by atoms with van der Waals surface area (Å²) in [4.78, 5) is 18.1. The number of nitrogen functional groups attached to an aromatic ring is 1. The molecule has 0 aliphatic carbocycles. The van der Waals surface area contributed by atoms with Gasteiger partial charge in [0, 0.05) is 12.4 Å². The Hall–Kier alpha value is -2.36.